The van der Waals surface area contributed by atoms with Gasteiger partial charge in [-0.15, -0.1) is 12.4 Å². The van der Waals surface area contributed by atoms with Gasteiger partial charge in [-0.25, -0.2) is 0 Å². The van der Waals surface area contributed by atoms with Crippen molar-refractivity contribution < 1.29 is 14.3 Å². The first-order chi connectivity index (χ1) is 10.1. The van der Waals surface area contributed by atoms with E-state index in [1.54, 1.807) is 14.2 Å². The molecule has 3 unspecified atom stereocenters. The van der Waals surface area contributed by atoms with Crippen LogP contribution in [0.1, 0.15) is 37.8 Å². The van der Waals surface area contributed by atoms with E-state index in [4.69, 9.17) is 15.2 Å². The molecule has 1 fully saturated rings. The molecule has 0 aromatic heterocycles. The summed E-state index contributed by atoms with van der Waals surface area (Å²) in [6.45, 7) is 1.94. The Kier molecular flexibility index (Phi) is 6.97. The summed E-state index contributed by atoms with van der Waals surface area (Å²) in [7, 11) is 3.24. The van der Waals surface area contributed by atoms with E-state index in [0.29, 0.717) is 0 Å². The van der Waals surface area contributed by atoms with Crippen LogP contribution in [0.15, 0.2) is 18.2 Å². The number of amides is 1. The lowest BCUT2D eigenvalue weighted by Crippen LogP contribution is -2.39. The van der Waals surface area contributed by atoms with Gasteiger partial charge in [0.15, 0.2) is 0 Å². The lowest BCUT2D eigenvalue weighted by molar-refractivity contribution is -0.125. The SMILES string of the molecule is COc1ccc(OC)c(C(C)NC(=O)C2CCCC2N)c1.Cl. The molecule has 0 radical (unpaired) electrons. The van der Waals surface area contributed by atoms with Crippen LogP contribution in [0.4, 0.5) is 0 Å². The van der Waals surface area contributed by atoms with Crippen LogP contribution in [0.5, 0.6) is 11.5 Å². The molecule has 1 aliphatic rings. The van der Waals surface area contributed by atoms with Gasteiger partial charge in [0, 0.05) is 11.6 Å². The minimum Gasteiger partial charge on any atom is -0.497 e. The van der Waals surface area contributed by atoms with Gasteiger partial charge in [-0.1, -0.05) is 6.42 Å². The average Bonchev–Trinajstić information content (AvgIpc) is 2.92. The summed E-state index contributed by atoms with van der Waals surface area (Å²) in [6.07, 6.45) is 2.82. The summed E-state index contributed by atoms with van der Waals surface area (Å²) in [4.78, 5) is 12.3. The third-order valence-electron chi connectivity index (χ3n) is 4.17. The van der Waals surface area contributed by atoms with Crippen LogP contribution >= 0.6 is 12.4 Å². The van der Waals surface area contributed by atoms with Crippen LogP contribution in [0.25, 0.3) is 0 Å². The molecule has 0 spiro atoms. The summed E-state index contributed by atoms with van der Waals surface area (Å²) in [5.74, 6) is 1.42. The van der Waals surface area contributed by atoms with Crippen LogP contribution in [-0.4, -0.2) is 26.2 Å². The normalized spacial score (nSPS) is 21.6. The maximum Gasteiger partial charge on any atom is 0.225 e. The maximum absolute atomic E-state index is 12.3. The number of hydrogen-bond donors (Lipinski definition) is 2. The number of carbonyl (C=O) groups is 1. The Morgan fingerprint density at radius 2 is 2.05 bits per heavy atom. The van der Waals surface area contributed by atoms with E-state index in [2.05, 4.69) is 5.32 Å². The molecule has 0 saturated heterocycles. The Morgan fingerprint density at radius 1 is 1.32 bits per heavy atom. The standard InChI is InChI=1S/C16H24N2O3.ClH/c1-10(18-16(19)12-5-4-6-14(12)17)13-9-11(20-2)7-8-15(13)21-3;/h7-10,12,14H,4-6,17H2,1-3H3,(H,18,19);1H. The lowest BCUT2D eigenvalue weighted by Gasteiger charge is -2.21. The number of hydrogen-bond acceptors (Lipinski definition) is 4. The van der Waals surface area contributed by atoms with E-state index in [1.807, 2.05) is 25.1 Å². The van der Waals surface area contributed by atoms with Gasteiger partial charge >= 0.3 is 0 Å². The number of nitrogens with one attached hydrogen (secondary N) is 1. The second-order valence-electron chi connectivity index (χ2n) is 5.54. The molecule has 3 N–H and O–H groups in total. The molecular formula is C16H25ClN2O3. The molecule has 1 saturated carbocycles. The molecule has 1 amide bonds. The predicted octanol–water partition coefficient (Wildman–Crippen LogP) is 2.43. The van der Waals surface area contributed by atoms with Crippen molar-refractivity contribution in [3.63, 3.8) is 0 Å². The average molecular weight is 329 g/mol. The predicted molar refractivity (Wildman–Crippen MR) is 88.7 cm³/mol. The van der Waals surface area contributed by atoms with Crippen molar-refractivity contribution in [2.75, 3.05) is 14.2 Å². The number of nitrogens with two attached hydrogens (primary N) is 1. The van der Waals surface area contributed by atoms with E-state index in [9.17, 15) is 4.79 Å². The van der Waals surface area contributed by atoms with Gasteiger partial charge in [0.05, 0.1) is 26.2 Å². The highest BCUT2D eigenvalue weighted by molar-refractivity contribution is 5.85. The van der Waals surface area contributed by atoms with Crippen molar-refractivity contribution in [3.8, 4) is 11.5 Å². The number of benzene rings is 1. The zero-order chi connectivity index (χ0) is 15.4. The van der Waals surface area contributed by atoms with Gasteiger partial charge in [0.2, 0.25) is 5.91 Å². The molecule has 0 bridgehead atoms. The van der Waals surface area contributed by atoms with Crippen molar-refractivity contribution in [3.05, 3.63) is 23.8 Å². The molecule has 1 aromatic rings. The monoisotopic (exact) mass is 328 g/mol. The molecule has 5 nitrogen and oxygen atoms in total. The molecule has 2 rings (SSSR count). The topological polar surface area (TPSA) is 73.6 Å². The second kappa shape index (κ2) is 8.25. The van der Waals surface area contributed by atoms with E-state index < -0.39 is 0 Å². The summed E-state index contributed by atoms with van der Waals surface area (Å²) in [5.41, 5.74) is 6.89. The van der Waals surface area contributed by atoms with Crippen LogP contribution < -0.4 is 20.5 Å². The highest BCUT2D eigenvalue weighted by Crippen LogP contribution is 2.30. The third-order valence-corrected chi connectivity index (χ3v) is 4.17. The van der Waals surface area contributed by atoms with Crippen molar-refractivity contribution in [2.45, 2.75) is 38.3 Å². The molecule has 3 atom stereocenters. The fourth-order valence-corrected chi connectivity index (χ4v) is 2.89. The van der Waals surface area contributed by atoms with E-state index >= 15 is 0 Å². The smallest absolute Gasteiger partial charge is 0.225 e. The van der Waals surface area contributed by atoms with E-state index in [0.717, 1.165) is 36.3 Å². The Bertz CT molecular complexity index is 510. The first kappa shape index (κ1) is 18.6. The fraction of sp³-hybridized carbons (Fsp3) is 0.562. The van der Waals surface area contributed by atoms with Crippen molar-refractivity contribution >= 4 is 18.3 Å². The Labute approximate surface area is 138 Å². The molecule has 22 heavy (non-hydrogen) atoms. The van der Waals surface area contributed by atoms with Crippen LogP contribution in [0, 0.1) is 5.92 Å². The Morgan fingerprint density at radius 3 is 2.59 bits per heavy atom. The van der Waals surface area contributed by atoms with Crippen molar-refractivity contribution in [1.29, 1.82) is 0 Å². The number of rotatable bonds is 5. The minimum atomic E-state index is -0.157. The molecule has 6 heteroatoms. The van der Waals surface area contributed by atoms with Gasteiger partial charge < -0.3 is 20.5 Å². The van der Waals surface area contributed by atoms with Gasteiger partial charge in [-0.3, -0.25) is 4.79 Å². The zero-order valence-electron chi connectivity index (χ0n) is 13.3. The third kappa shape index (κ3) is 4.05. The van der Waals surface area contributed by atoms with Crippen molar-refractivity contribution in [2.24, 2.45) is 11.7 Å². The first-order valence-corrected chi connectivity index (χ1v) is 7.34. The molecule has 0 aliphatic heterocycles. The number of carbonyl (C=O) groups excluding carboxylic acids is 1. The number of ether oxygens (including phenoxy) is 2. The van der Waals surface area contributed by atoms with Crippen LogP contribution in [0.2, 0.25) is 0 Å². The lowest BCUT2D eigenvalue weighted by atomic mass is 10.0. The largest absolute Gasteiger partial charge is 0.497 e. The molecule has 124 valence electrons. The zero-order valence-corrected chi connectivity index (χ0v) is 14.1. The molecule has 1 aromatic carbocycles. The highest BCUT2D eigenvalue weighted by atomic mass is 35.5. The number of methoxy groups -OCH3 is 2. The Balaban J connectivity index is 0.00000242. The molecular weight excluding hydrogens is 304 g/mol. The second-order valence-corrected chi connectivity index (χ2v) is 5.54. The minimum absolute atomic E-state index is 0. The maximum atomic E-state index is 12.3. The number of halogens is 1. The van der Waals surface area contributed by atoms with Gasteiger partial charge in [-0.2, -0.15) is 0 Å². The van der Waals surface area contributed by atoms with Crippen LogP contribution in [0.3, 0.4) is 0 Å². The first-order valence-electron chi connectivity index (χ1n) is 7.34. The highest BCUT2D eigenvalue weighted by Gasteiger charge is 2.31. The van der Waals surface area contributed by atoms with E-state index in [1.165, 1.54) is 0 Å². The summed E-state index contributed by atoms with van der Waals surface area (Å²) < 4.78 is 10.6. The van der Waals surface area contributed by atoms with E-state index in [-0.39, 0.29) is 36.3 Å². The van der Waals surface area contributed by atoms with Crippen LogP contribution in [-0.2, 0) is 4.79 Å². The summed E-state index contributed by atoms with van der Waals surface area (Å²) in [5, 5.41) is 3.04. The van der Waals surface area contributed by atoms with Gasteiger partial charge in [-0.05, 0) is 38.0 Å². The van der Waals surface area contributed by atoms with Gasteiger partial charge in [0.25, 0.3) is 0 Å². The fourth-order valence-electron chi connectivity index (χ4n) is 2.89. The molecule has 1 aliphatic carbocycles. The van der Waals surface area contributed by atoms with Gasteiger partial charge in [0.1, 0.15) is 11.5 Å². The Hall–Kier alpha value is -1.46. The molecule has 0 heterocycles. The van der Waals surface area contributed by atoms with Crippen molar-refractivity contribution in [1.82, 2.24) is 5.32 Å². The summed E-state index contributed by atoms with van der Waals surface area (Å²) >= 11 is 0. The summed E-state index contributed by atoms with van der Waals surface area (Å²) in [6, 6.07) is 5.39. The quantitative estimate of drug-likeness (QED) is 0.870.